The number of hydrogen-bond donors (Lipinski definition) is 2. The first-order valence-corrected chi connectivity index (χ1v) is 11.1. The van der Waals surface area contributed by atoms with Crippen molar-refractivity contribution in [1.29, 1.82) is 0 Å². The zero-order valence-electron chi connectivity index (χ0n) is 17.0. The minimum atomic E-state index is -0.714. The molecule has 3 amide bonds. The zero-order valence-corrected chi connectivity index (χ0v) is 18.5. The standard InChI is InChI=1S/C23H20Cl2N4O3/c24-15-7-13(8-16(25)10-15)22(31)28-5-6-29-20(12-28)21(30)27-19(23(29)32)9-14-11-26-18-4-2-1-3-17(14)18/h1-4,7-8,10-11,19-20,26H,5-6,9,12H2,(H,27,30)/t19-,20+/m0/s1. The van der Waals surface area contributed by atoms with Gasteiger partial charge in [-0.25, -0.2) is 0 Å². The first kappa shape index (κ1) is 20.8. The van der Waals surface area contributed by atoms with Gasteiger partial charge in [0, 0.05) is 52.2 Å². The van der Waals surface area contributed by atoms with Gasteiger partial charge < -0.3 is 20.1 Å². The second-order valence-corrected chi connectivity index (χ2v) is 8.95. The van der Waals surface area contributed by atoms with E-state index in [0.717, 1.165) is 16.5 Å². The van der Waals surface area contributed by atoms with E-state index >= 15 is 0 Å². The lowest BCUT2D eigenvalue weighted by Gasteiger charge is -2.45. The number of amides is 3. The van der Waals surface area contributed by atoms with Gasteiger partial charge in [0.05, 0.1) is 6.54 Å². The quantitative estimate of drug-likeness (QED) is 0.616. The lowest BCUT2D eigenvalue weighted by Crippen LogP contribution is -2.70. The third-order valence-electron chi connectivity index (χ3n) is 6.08. The number of benzene rings is 2. The van der Waals surface area contributed by atoms with Crippen LogP contribution in [-0.2, 0) is 16.0 Å². The fraction of sp³-hybridized carbons (Fsp3) is 0.261. The number of rotatable bonds is 3. The van der Waals surface area contributed by atoms with Crippen LogP contribution in [0.2, 0.25) is 10.0 Å². The van der Waals surface area contributed by atoms with Crippen molar-refractivity contribution < 1.29 is 14.4 Å². The van der Waals surface area contributed by atoms with Crippen molar-refractivity contribution in [3.8, 4) is 0 Å². The molecule has 0 aliphatic carbocycles. The molecule has 164 valence electrons. The number of hydrogen-bond acceptors (Lipinski definition) is 3. The molecule has 2 N–H and O–H groups in total. The molecule has 0 saturated carbocycles. The summed E-state index contributed by atoms with van der Waals surface area (Å²) in [6.07, 6.45) is 2.28. The van der Waals surface area contributed by atoms with Crippen LogP contribution in [0.5, 0.6) is 0 Å². The SMILES string of the molecule is O=C1N[C@@H](Cc2c[nH]c3ccccc23)C(=O)N2CCN(C(=O)c3cc(Cl)cc(Cl)c3)C[C@H]12. The number of carbonyl (C=O) groups excluding carboxylic acids is 3. The van der Waals surface area contributed by atoms with Gasteiger partial charge in [-0.15, -0.1) is 0 Å². The van der Waals surface area contributed by atoms with E-state index in [1.807, 2.05) is 30.5 Å². The summed E-state index contributed by atoms with van der Waals surface area (Å²) >= 11 is 12.0. The van der Waals surface area contributed by atoms with Crippen molar-refractivity contribution in [2.45, 2.75) is 18.5 Å². The summed E-state index contributed by atoms with van der Waals surface area (Å²) in [7, 11) is 0. The number of fused-ring (bicyclic) bond motifs is 2. The van der Waals surface area contributed by atoms with Crippen molar-refractivity contribution in [3.63, 3.8) is 0 Å². The summed E-state index contributed by atoms with van der Waals surface area (Å²) < 4.78 is 0. The van der Waals surface area contributed by atoms with Gasteiger partial charge in [0.15, 0.2) is 0 Å². The molecule has 2 atom stereocenters. The molecular weight excluding hydrogens is 451 g/mol. The number of halogens is 2. The highest BCUT2D eigenvalue weighted by molar-refractivity contribution is 6.35. The van der Waals surface area contributed by atoms with E-state index in [9.17, 15) is 14.4 Å². The molecule has 3 aromatic rings. The third kappa shape index (κ3) is 3.72. The molecule has 7 nitrogen and oxygen atoms in total. The minimum absolute atomic E-state index is 0.125. The fourth-order valence-corrected chi connectivity index (χ4v) is 5.03. The first-order chi connectivity index (χ1) is 15.4. The Balaban J connectivity index is 1.31. The predicted octanol–water partition coefficient (Wildman–Crippen LogP) is 2.87. The highest BCUT2D eigenvalue weighted by atomic mass is 35.5. The number of para-hydroxylation sites is 1. The van der Waals surface area contributed by atoms with Crippen LogP contribution < -0.4 is 5.32 Å². The van der Waals surface area contributed by atoms with Crippen molar-refractivity contribution >= 4 is 51.8 Å². The fourth-order valence-electron chi connectivity index (χ4n) is 4.50. The van der Waals surface area contributed by atoms with Crippen molar-refractivity contribution in [3.05, 3.63) is 69.8 Å². The number of aromatic amines is 1. The number of nitrogens with zero attached hydrogens (tertiary/aromatic N) is 2. The topological polar surface area (TPSA) is 85.5 Å². The Hall–Kier alpha value is -3.03. The smallest absolute Gasteiger partial charge is 0.254 e. The summed E-state index contributed by atoms with van der Waals surface area (Å²) in [4.78, 5) is 45.4. The van der Waals surface area contributed by atoms with E-state index in [2.05, 4.69) is 10.3 Å². The Labute approximate surface area is 194 Å². The molecule has 32 heavy (non-hydrogen) atoms. The summed E-state index contributed by atoms with van der Waals surface area (Å²) in [5.74, 6) is -0.649. The Bertz CT molecular complexity index is 1220. The molecule has 3 heterocycles. The van der Waals surface area contributed by atoms with Gasteiger partial charge in [-0.2, -0.15) is 0 Å². The van der Waals surface area contributed by atoms with Crippen molar-refractivity contribution in [1.82, 2.24) is 20.1 Å². The van der Waals surface area contributed by atoms with Gasteiger partial charge in [0.25, 0.3) is 5.91 Å². The molecule has 2 aliphatic rings. The summed E-state index contributed by atoms with van der Waals surface area (Å²) in [5, 5.41) is 4.63. The van der Waals surface area contributed by atoms with E-state index in [1.54, 1.807) is 28.0 Å². The average Bonchev–Trinajstić information content (AvgIpc) is 3.18. The van der Waals surface area contributed by atoms with Gasteiger partial charge in [-0.1, -0.05) is 41.4 Å². The predicted molar refractivity (Wildman–Crippen MR) is 122 cm³/mol. The van der Waals surface area contributed by atoms with E-state index in [-0.39, 0.29) is 24.3 Å². The second-order valence-electron chi connectivity index (χ2n) is 8.08. The first-order valence-electron chi connectivity index (χ1n) is 10.3. The Kier molecular flexibility index (Phi) is 5.31. The molecule has 0 bridgehead atoms. The molecule has 2 aliphatic heterocycles. The molecule has 2 aromatic carbocycles. The van der Waals surface area contributed by atoms with Gasteiger partial charge in [0.2, 0.25) is 11.8 Å². The largest absolute Gasteiger partial charge is 0.361 e. The Morgan fingerprint density at radius 1 is 1.06 bits per heavy atom. The molecule has 0 unspecified atom stereocenters. The molecular formula is C23H20Cl2N4O3. The van der Waals surface area contributed by atoms with E-state index in [4.69, 9.17) is 23.2 Å². The molecule has 1 aromatic heterocycles. The number of piperazine rings is 2. The number of aromatic nitrogens is 1. The molecule has 0 radical (unpaired) electrons. The Morgan fingerprint density at radius 3 is 2.59 bits per heavy atom. The van der Waals surface area contributed by atoms with Crippen LogP contribution in [0.1, 0.15) is 15.9 Å². The number of nitrogens with one attached hydrogen (secondary N) is 2. The van der Waals surface area contributed by atoms with Crippen LogP contribution in [0.15, 0.2) is 48.7 Å². The number of carbonyl (C=O) groups is 3. The summed E-state index contributed by atoms with van der Waals surface area (Å²) in [5.41, 5.74) is 2.32. The average molecular weight is 471 g/mol. The van der Waals surface area contributed by atoms with Crippen LogP contribution in [0.25, 0.3) is 10.9 Å². The van der Waals surface area contributed by atoms with Crippen LogP contribution in [0.4, 0.5) is 0 Å². The highest BCUT2D eigenvalue weighted by Crippen LogP contribution is 2.25. The van der Waals surface area contributed by atoms with Crippen molar-refractivity contribution in [2.75, 3.05) is 19.6 Å². The molecule has 0 spiro atoms. The zero-order chi connectivity index (χ0) is 22.4. The lowest BCUT2D eigenvalue weighted by molar-refractivity contribution is -0.152. The highest BCUT2D eigenvalue weighted by Gasteiger charge is 2.44. The summed E-state index contributed by atoms with van der Waals surface area (Å²) in [6.45, 7) is 0.750. The molecule has 5 rings (SSSR count). The van der Waals surface area contributed by atoms with Crippen LogP contribution in [0.3, 0.4) is 0 Å². The van der Waals surface area contributed by atoms with Crippen LogP contribution in [-0.4, -0.2) is 64.2 Å². The maximum Gasteiger partial charge on any atom is 0.254 e. The lowest BCUT2D eigenvalue weighted by atomic mass is 9.98. The maximum atomic E-state index is 13.2. The van der Waals surface area contributed by atoms with Gasteiger partial charge in [-0.3, -0.25) is 14.4 Å². The molecule has 9 heteroatoms. The number of H-pyrrole nitrogens is 1. The third-order valence-corrected chi connectivity index (χ3v) is 6.51. The normalized spacial score (nSPS) is 20.9. The van der Waals surface area contributed by atoms with Crippen molar-refractivity contribution in [2.24, 2.45) is 0 Å². The molecule has 2 fully saturated rings. The minimum Gasteiger partial charge on any atom is -0.361 e. The van der Waals surface area contributed by atoms with Gasteiger partial charge in [-0.05, 0) is 29.8 Å². The monoisotopic (exact) mass is 470 g/mol. The summed E-state index contributed by atoms with van der Waals surface area (Å²) in [6, 6.07) is 11.2. The van der Waals surface area contributed by atoms with Crippen LogP contribution in [0, 0.1) is 0 Å². The Morgan fingerprint density at radius 2 is 1.81 bits per heavy atom. The van der Waals surface area contributed by atoms with Gasteiger partial charge in [0.1, 0.15) is 12.1 Å². The molecule has 2 saturated heterocycles. The maximum absolute atomic E-state index is 13.2. The van der Waals surface area contributed by atoms with E-state index in [0.29, 0.717) is 35.1 Å². The second kappa shape index (κ2) is 8.15. The van der Waals surface area contributed by atoms with Gasteiger partial charge >= 0.3 is 0 Å². The van der Waals surface area contributed by atoms with E-state index in [1.165, 1.54) is 0 Å². The van der Waals surface area contributed by atoms with Crippen LogP contribution >= 0.6 is 23.2 Å². The van der Waals surface area contributed by atoms with E-state index < -0.39 is 12.1 Å².